The lowest BCUT2D eigenvalue weighted by atomic mass is 10.00. The number of carbonyl (C=O) groups excluding carboxylic acids is 2. The molecule has 6 atom stereocenters. The molecule has 4 N–H and O–H groups in total. The monoisotopic (exact) mass is 824 g/mol. The van der Waals surface area contributed by atoms with Gasteiger partial charge in [-0.15, -0.1) is 0 Å². The molecule has 1 heterocycles. The first-order chi connectivity index (χ1) is 27.5. The van der Waals surface area contributed by atoms with E-state index in [-0.39, 0.29) is 19.4 Å². The van der Waals surface area contributed by atoms with Crippen LogP contribution in [0.2, 0.25) is 0 Å². The highest BCUT2D eigenvalue weighted by Crippen LogP contribution is 2.24. The number of ether oxygens (including phenoxy) is 4. The van der Waals surface area contributed by atoms with Crippen LogP contribution in [0.15, 0.2) is 72.9 Å². The molecule has 57 heavy (non-hydrogen) atoms. The Balaban J connectivity index is 2.54. The van der Waals surface area contributed by atoms with Gasteiger partial charge in [0.2, 0.25) is 0 Å². The molecule has 2 unspecified atom stereocenters. The molecule has 1 aliphatic heterocycles. The molecule has 0 bridgehead atoms. The Morgan fingerprint density at radius 3 is 1.68 bits per heavy atom. The number of hydrogen-bond donors (Lipinski definition) is 4. The maximum Gasteiger partial charge on any atom is 0.306 e. The van der Waals surface area contributed by atoms with Crippen LogP contribution in [0.5, 0.6) is 0 Å². The third-order valence-corrected chi connectivity index (χ3v) is 9.77. The van der Waals surface area contributed by atoms with Crippen molar-refractivity contribution in [3.63, 3.8) is 0 Å². The number of allylic oxidation sites excluding steroid dienone is 12. The normalized spacial score (nSPS) is 21.3. The SMILES string of the molecule is CC/C=C/C/C=C/C/C=C/C/C=C/CCCCC(=O)O[C@H](COC(=O)CCCCCCC/C=C/C/C=C/CCCC)CO[C@H]1O[C@H](CS(=O)(=O)O)[C@@H](O)C(O)C1O. The Kier molecular flexibility index (Phi) is 31.1. The van der Waals surface area contributed by atoms with Gasteiger partial charge < -0.3 is 34.3 Å². The number of carbonyl (C=O) groups is 2. The summed E-state index contributed by atoms with van der Waals surface area (Å²) >= 11 is 0. The minimum Gasteiger partial charge on any atom is -0.462 e. The van der Waals surface area contributed by atoms with E-state index in [2.05, 4.69) is 86.8 Å². The van der Waals surface area contributed by atoms with Gasteiger partial charge in [0.1, 0.15) is 36.8 Å². The number of aliphatic hydroxyl groups is 3. The predicted molar refractivity (Wildman–Crippen MR) is 224 cm³/mol. The highest BCUT2D eigenvalue weighted by Gasteiger charge is 2.46. The summed E-state index contributed by atoms with van der Waals surface area (Å²) in [7, 11) is -4.61. The molecule has 0 aromatic carbocycles. The average molecular weight is 825 g/mol. The van der Waals surface area contributed by atoms with Crippen molar-refractivity contribution in [2.45, 2.75) is 173 Å². The maximum absolute atomic E-state index is 12.8. The molecule has 0 aromatic heterocycles. The van der Waals surface area contributed by atoms with E-state index in [9.17, 15) is 37.9 Å². The summed E-state index contributed by atoms with van der Waals surface area (Å²) in [5, 5.41) is 30.8. The van der Waals surface area contributed by atoms with Gasteiger partial charge >= 0.3 is 11.9 Å². The van der Waals surface area contributed by atoms with Crippen molar-refractivity contribution in [3.8, 4) is 0 Å². The fourth-order valence-electron chi connectivity index (χ4n) is 5.74. The lowest BCUT2D eigenvalue weighted by molar-refractivity contribution is -0.297. The van der Waals surface area contributed by atoms with E-state index in [0.29, 0.717) is 12.8 Å². The minimum absolute atomic E-state index is 0.105. The molecule has 1 saturated heterocycles. The van der Waals surface area contributed by atoms with Crippen LogP contribution < -0.4 is 0 Å². The molecule has 0 spiro atoms. The van der Waals surface area contributed by atoms with Gasteiger partial charge in [0.05, 0.1) is 6.61 Å². The molecule has 0 aliphatic carbocycles. The summed E-state index contributed by atoms with van der Waals surface area (Å²) in [5.74, 6) is -2.07. The highest BCUT2D eigenvalue weighted by molar-refractivity contribution is 7.85. The first-order valence-corrected chi connectivity index (χ1v) is 22.6. The average Bonchev–Trinajstić information content (AvgIpc) is 3.17. The van der Waals surface area contributed by atoms with Crippen LogP contribution in [0.1, 0.15) is 136 Å². The van der Waals surface area contributed by atoms with Gasteiger partial charge in [-0.2, -0.15) is 8.42 Å². The summed E-state index contributed by atoms with van der Waals surface area (Å²) in [6, 6.07) is 0. The second kappa shape index (κ2) is 34.0. The molecule has 12 nitrogen and oxygen atoms in total. The Labute approximate surface area is 342 Å². The number of unbranched alkanes of at least 4 members (excludes halogenated alkanes) is 9. The Morgan fingerprint density at radius 1 is 0.614 bits per heavy atom. The number of esters is 2. The van der Waals surface area contributed by atoms with Gasteiger partial charge in [0.25, 0.3) is 10.1 Å². The summed E-state index contributed by atoms with van der Waals surface area (Å²) in [6.07, 6.45) is 32.4. The van der Waals surface area contributed by atoms with Crippen molar-refractivity contribution in [1.29, 1.82) is 0 Å². The zero-order valence-electron chi connectivity index (χ0n) is 34.4. The van der Waals surface area contributed by atoms with E-state index in [1.807, 2.05) is 0 Å². The second-order valence-electron chi connectivity index (χ2n) is 14.3. The van der Waals surface area contributed by atoms with E-state index >= 15 is 0 Å². The van der Waals surface area contributed by atoms with Crippen LogP contribution >= 0.6 is 0 Å². The Bertz CT molecular complexity index is 1340. The van der Waals surface area contributed by atoms with Gasteiger partial charge in [0.15, 0.2) is 12.4 Å². The zero-order valence-corrected chi connectivity index (χ0v) is 35.2. The van der Waals surface area contributed by atoms with Crippen molar-refractivity contribution >= 4 is 22.1 Å². The molecular formula is C44H72O12S. The van der Waals surface area contributed by atoms with Gasteiger partial charge in [-0.3, -0.25) is 14.1 Å². The largest absolute Gasteiger partial charge is 0.462 e. The quantitative estimate of drug-likeness (QED) is 0.0217. The molecule has 1 fully saturated rings. The topological polar surface area (TPSA) is 186 Å². The fraction of sp³-hybridized carbons (Fsp3) is 0.682. The fourth-order valence-corrected chi connectivity index (χ4v) is 6.43. The third-order valence-electron chi connectivity index (χ3n) is 9.02. The molecule has 13 heteroatoms. The van der Waals surface area contributed by atoms with E-state index in [1.165, 1.54) is 12.8 Å². The third kappa shape index (κ3) is 29.0. The Hall–Kier alpha value is -2.91. The van der Waals surface area contributed by atoms with E-state index in [4.69, 9.17) is 18.9 Å². The van der Waals surface area contributed by atoms with Crippen molar-refractivity contribution in [1.82, 2.24) is 0 Å². The molecule has 0 aromatic rings. The number of aliphatic hydroxyl groups excluding tert-OH is 3. The lowest BCUT2D eigenvalue weighted by Crippen LogP contribution is -2.60. The first kappa shape index (κ1) is 52.1. The van der Waals surface area contributed by atoms with Crippen molar-refractivity contribution in [3.05, 3.63) is 72.9 Å². The van der Waals surface area contributed by atoms with Gasteiger partial charge in [-0.1, -0.05) is 119 Å². The molecule has 0 amide bonds. The van der Waals surface area contributed by atoms with Gasteiger partial charge in [-0.05, 0) is 77.0 Å². The van der Waals surface area contributed by atoms with Crippen LogP contribution in [0.3, 0.4) is 0 Å². The Morgan fingerprint density at radius 2 is 1.11 bits per heavy atom. The molecule has 326 valence electrons. The lowest BCUT2D eigenvalue weighted by Gasteiger charge is -2.40. The zero-order chi connectivity index (χ0) is 42.0. The summed E-state index contributed by atoms with van der Waals surface area (Å²) in [4.78, 5) is 25.3. The highest BCUT2D eigenvalue weighted by atomic mass is 32.2. The van der Waals surface area contributed by atoms with Crippen LogP contribution in [0, 0.1) is 0 Å². The minimum atomic E-state index is -4.61. The molecule has 1 aliphatic rings. The smallest absolute Gasteiger partial charge is 0.306 e. The molecule has 0 saturated carbocycles. The van der Waals surface area contributed by atoms with Gasteiger partial charge in [-0.25, -0.2) is 0 Å². The van der Waals surface area contributed by atoms with Crippen molar-refractivity contribution < 1.29 is 56.8 Å². The number of rotatable bonds is 33. The molecule has 0 radical (unpaired) electrons. The van der Waals surface area contributed by atoms with E-state index in [1.54, 1.807) is 0 Å². The van der Waals surface area contributed by atoms with E-state index < -0.39 is 71.2 Å². The van der Waals surface area contributed by atoms with Crippen LogP contribution in [0.25, 0.3) is 0 Å². The standard InChI is InChI=1S/C44H72O12S/c1-3-5-7-9-11-13-15-17-19-21-23-25-27-29-31-33-40(46)55-37(35-54-44-43(49)42(48)41(47)38(56-44)36-57(50,51)52)34-53-39(45)32-30-28-26-24-22-20-18-16-14-12-10-8-6-4-2/h5,7,10-13,16-19,23,25,37-38,41-44,47-49H,3-4,6,8-9,14-15,20-22,24,26-36H2,1-2H3,(H,50,51,52)/b7-5+,12-10+,13-11+,18-16+,19-17+,25-23+/t37-,38-,41-,42?,43?,44+/m1/s1. The molecular weight excluding hydrogens is 753 g/mol. The van der Waals surface area contributed by atoms with Crippen molar-refractivity contribution in [2.24, 2.45) is 0 Å². The summed E-state index contributed by atoms with van der Waals surface area (Å²) in [6.45, 7) is 3.53. The maximum atomic E-state index is 12.8. The van der Waals surface area contributed by atoms with Gasteiger partial charge in [0, 0.05) is 12.8 Å². The van der Waals surface area contributed by atoms with Crippen LogP contribution in [-0.2, 0) is 38.7 Å². The summed E-state index contributed by atoms with van der Waals surface area (Å²) in [5.41, 5.74) is 0. The number of hydrogen-bond acceptors (Lipinski definition) is 11. The van der Waals surface area contributed by atoms with Crippen LogP contribution in [-0.4, -0.2) is 96.0 Å². The predicted octanol–water partition coefficient (Wildman–Crippen LogP) is 7.94. The summed E-state index contributed by atoms with van der Waals surface area (Å²) < 4.78 is 53.9. The van der Waals surface area contributed by atoms with Crippen molar-refractivity contribution in [2.75, 3.05) is 19.0 Å². The first-order valence-electron chi connectivity index (χ1n) is 21.0. The van der Waals surface area contributed by atoms with E-state index in [0.717, 1.165) is 83.5 Å². The molecule has 1 rings (SSSR count). The second-order valence-corrected chi connectivity index (χ2v) is 15.8. The van der Waals surface area contributed by atoms with Crippen LogP contribution in [0.4, 0.5) is 0 Å².